The van der Waals surface area contributed by atoms with Crippen molar-refractivity contribution in [3.8, 4) is 5.75 Å². The van der Waals surface area contributed by atoms with Gasteiger partial charge in [0.05, 0.1) is 13.7 Å². The third kappa shape index (κ3) is 2.81. The van der Waals surface area contributed by atoms with E-state index in [9.17, 15) is 0 Å². The highest BCUT2D eigenvalue weighted by Gasteiger charge is 2.16. The van der Waals surface area contributed by atoms with Crippen LogP contribution in [0.5, 0.6) is 5.75 Å². The molecule has 7 nitrogen and oxygen atoms in total. The molecule has 0 spiro atoms. The molecule has 2 heterocycles. The number of nitrogens with one attached hydrogen (secondary N) is 1. The molecule has 0 amide bonds. The topological polar surface area (TPSA) is 68.1 Å². The van der Waals surface area contributed by atoms with Crippen molar-refractivity contribution < 1.29 is 4.74 Å². The maximum atomic E-state index is 5.44. The summed E-state index contributed by atoms with van der Waals surface area (Å²) in [6, 6.07) is 0. The van der Waals surface area contributed by atoms with E-state index in [-0.39, 0.29) is 0 Å². The molecular weight excluding hydrogens is 256 g/mol. The molecule has 0 saturated heterocycles. The van der Waals surface area contributed by atoms with E-state index in [0.717, 1.165) is 18.2 Å². The molecule has 0 atom stereocenters. The molecule has 0 aromatic carbocycles. The van der Waals surface area contributed by atoms with E-state index in [1.807, 2.05) is 36.7 Å². The number of aromatic nitrogens is 4. The fourth-order valence-electron chi connectivity index (χ4n) is 1.95. The largest absolute Gasteiger partial charge is 0.490 e. The Labute approximate surface area is 118 Å². The predicted molar refractivity (Wildman–Crippen MR) is 78.1 cm³/mol. The van der Waals surface area contributed by atoms with Crippen molar-refractivity contribution in [2.24, 2.45) is 7.05 Å². The SMILES string of the molecule is CCNc1ncnc(N(C)Cc2nccn2C)c1OC. The van der Waals surface area contributed by atoms with E-state index in [1.54, 1.807) is 13.3 Å². The van der Waals surface area contributed by atoms with Crippen LogP contribution in [0.25, 0.3) is 0 Å². The number of aryl methyl sites for hydroxylation is 1. The van der Waals surface area contributed by atoms with Crippen LogP contribution in [0, 0.1) is 0 Å². The number of imidazole rings is 1. The zero-order chi connectivity index (χ0) is 14.5. The van der Waals surface area contributed by atoms with Crippen LogP contribution >= 0.6 is 0 Å². The van der Waals surface area contributed by atoms with Crippen molar-refractivity contribution in [2.75, 3.05) is 30.9 Å². The first-order valence-electron chi connectivity index (χ1n) is 6.47. The summed E-state index contributed by atoms with van der Waals surface area (Å²) in [7, 11) is 5.55. The highest BCUT2D eigenvalue weighted by Crippen LogP contribution is 2.31. The van der Waals surface area contributed by atoms with Crippen molar-refractivity contribution in [3.63, 3.8) is 0 Å². The van der Waals surface area contributed by atoms with Gasteiger partial charge in [-0.3, -0.25) is 0 Å². The van der Waals surface area contributed by atoms with Gasteiger partial charge in [-0.1, -0.05) is 0 Å². The standard InChI is InChI=1S/C13H20N6O/c1-5-14-12-11(20-4)13(17-9-16-12)19(3)8-10-15-6-7-18(10)2/h6-7,9H,5,8H2,1-4H3,(H,14,16,17). The maximum Gasteiger partial charge on any atom is 0.204 e. The van der Waals surface area contributed by atoms with Crippen LogP contribution in [-0.4, -0.2) is 40.2 Å². The van der Waals surface area contributed by atoms with Crippen LogP contribution in [-0.2, 0) is 13.6 Å². The van der Waals surface area contributed by atoms with Gasteiger partial charge in [0.25, 0.3) is 0 Å². The number of methoxy groups -OCH3 is 1. The number of ether oxygens (including phenoxy) is 1. The molecule has 7 heteroatoms. The van der Waals surface area contributed by atoms with Crippen LogP contribution in [0.15, 0.2) is 18.7 Å². The van der Waals surface area contributed by atoms with Gasteiger partial charge in [-0.15, -0.1) is 0 Å². The second-order valence-corrected chi connectivity index (χ2v) is 4.42. The zero-order valence-corrected chi connectivity index (χ0v) is 12.3. The minimum Gasteiger partial charge on any atom is -0.490 e. The normalized spacial score (nSPS) is 10.4. The van der Waals surface area contributed by atoms with Gasteiger partial charge in [0, 0.05) is 33.0 Å². The molecule has 2 aromatic rings. The molecule has 108 valence electrons. The third-order valence-corrected chi connectivity index (χ3v) is 2.99. The van der Waals surface area contributed by atoms with E-state index in [1.165, 1.54) is 6.33 Å². The molecule has 0 fully saturated rings. The van der Waals surface area contributed by atoms with E-state index < -0.39 is 0 Å². The van der Waals surface area contributed by atoms with Crippen LogP contribution in [0.1, 0.15) is 12.7 Å². The molecule has 2 aromatic heterocycles. The molecule has 20 heavy (non-hydrogen) atoms. The molecule has 0 aliphatic heterocycles. The lowest BCUT2D eigenvalue weighted by molar-refractivity contribution is 0.412. The molecular formula is C13H20N6O. The second-order valence-electron chi connectivity index (χ2n) is 4.42. The summed E-state index contributed by atoms with van der Waals surface area (Å²) in [5, 5.41) is 3.17. The van der Waals surface area contributed by atoms with E-state index in [2.05, 4.69) is 20.3 Å². The fourth-order valence-corrected chi connectivity index (χ4v) is 1.95. The lowest BCUT2D eigenvalue weighted by Gasteiger charge is -2.21. The van der Waals surface area contributed by atoms with Crippen LogP contribution in [0.2, 0.25) is 0 Å². The molecule has 0 saturated carbocycles. The van der Waals surface area contributed by atoms with Crippen LogP contribution < -0.4 is 15.0 Å². The lowest BCUT2D eigenvalue weighted by Crippen LogP contribution is -2.21. The number of hydrogen-bond acceptors (Lipinski definition) is 6. The summed E-state index contributed by atoms with van der Waals surface area (Å²) in [4.78, 5) is 14.8. The Morgan fingerprint density at radius 1 is 1.35 bits per heavy atom. The number of hydrogen-bond donors (Lipinski definition) is 1. The lowest BCUT2D eigenvalue weighted by atomic mass is 10.4. The van der Waals surface area contributed by atoms with Crippen LogP contribution in [0.4, 0.5) is 11.6 Å². The first-order chi connectivity index (χ1) is 9.67. The first-order valence-corrected chi connectivity index (χ1v) is 6.47. The Bertz CT molecular complexity index is 568. The Hall–Kier alpha value is -2.31. The number of rotatable bonds is 6. The van der Waals surface area contributed by atoms with Crippen LogP contribution in [0.3, 0.4) is 0 Å². The van der Waals surface area contributed by atoms with Crippen molar-refractivity contribution in [3.05, 3.63) is 24.5 Å². The average Bonchev–Trinajstić information content (AvgIpc) is 2.84. The maximum absolute atomic E-state index is 5.44. The first kappa shape index (κ1) is 14.1. The van der Waals surface area contributed by atoms with Gasteiger partial charge in [0.2, 0.25) is 5.75 Å². The second kappa shape index (κ2) is 6.23. The zero-order valence-electron chi connectivity index (χ0n) is 12.3. The Morgan fingerprint density at radius 2 is 2.15 bits per heavy atom. The summed E-state index contributed by atoms with van der Waals surface area (Å²) in [5.74, 6) is 3.04. The van der Waals surface area contributed by atoms with Crippen molar-refractivity contribution in [1.82, 2.24) is 19.5 Å². The molecule has 1 N–H and O–H groups in total. The predicted octanol–water partition coefficient (Wildman–Crippen LogP) is 1.29. The van der Waals surface area contributed by atoms with Crippen molar-refractivity contribution in [1.29, 1.82) is 0 Å². The Morgan fingerprint density at radius 3 is 2.75 bits per heavy atom. The van der Waals surface area contributed by atoms with Crippen molar-refractivity contribution in [2.45, 2.75) is 13.5 Å². The molecule has 0 bridgehead atoms. The number of anilines is 2. The summed E-state index contributed by atoms with van der Waals surface area (Å²) in [6.45, 7) is 3.43. The van der Waals surface area contributed by atoms with Gasteiger partial charge in [-0.25, -0.2) is 15.0 Å². The Balaban J connectivity index is 2.27. The summed E-state index contributed by atoms with van der Waals surface area (Å²) >= 11 is 0. The Kier molecular flexibility index (Phi) is 4.39. The van der Waals surface area contributed by atoms with Gasteiger partial charge in [-0.05, 0) is 6.92 Å². The van der Waals surface area contributed by atoms with Gasteiger partial charge in [0.15, 0.2) is 11.6 Å². The minimum absolute atomic E-state index is 0.641. The molecule has 0 aliphatic carbocycles. The molecule has 0 unspecified atom stereocenters. The summed E-state index contributed by atoms with van der Waals surface area (Å²) in [6.07, 6.45) is 5.24. The van der Waals surface area contributed by atoms with Crippen molar-refractivity contribution >= 4 is 11.6 Å². The van der Waals surface area contributed by atoms with Gasteiger partial charge in [0.1, 0.15) is 12.2 Å². The van der Waals surface area contributed by atoms with Gasteiger partial charge < -0.3 is 19.5 Å². The fraction of sp³-hybridized carbons (Fsp3) is 0.462. The average molecular weight is 276 g/mol. The smallest absolute Gasteiger partial charge is 0.204 e. The highest BCUT2D eigenvalue weighted by molar-refractivity contribution is 5.64. The van der Waals surface area contributed by atoms with E-state index >= 15 is 0 Å². The highest BCUT2D eigenvalue weighted by atomic mass is 16.5. The van der Waals surface area contributed by atoms with Gasteiger partial charge >= 0.3 is 0 Å². The molecule has 0 aliphatic rings. The third-order valence-electron chi connectivity index (χ3n) is 2.99. The number of nitrogens with zero attached hydrogens (tertiary/aromatic N) is 5. The van der Waals surface area contributed by atoms with E-state index in [0.29, 0.717) is 18.1 Å². The quantitative estimate of drug-likeness (QED) is 0.857. The van der Waals surface area contributed by atoms with Gasteiger partial charge in [-0.2, -0.15) is 0 Å². The minimum atomic E-state index is 0.641. The molecule has 2 rings (SSSR count). The summed E-state index contributed by atoms with van der Waals surface area (Å²) in [5.41, 5.74) is 0. The van der Waals surface area contributed by atoms with E-state index in [4.69, 9.17) is 4.74 Å². The monoisotopic (exact) mass is 276 g/mol. The molecule has 0 radical (unpaired) electrons. The summed E-state index contributed by atoms with van der Waals surface area (Å²) < 4.78 is 7.42.